The van der Waals surface area contributed by atoms with Crippen molar-refractivity contribution in [3.63, 3.8) is 0 Å². The van der Waals surface area contributed by atoms with Crippen LogP contribution in [0.15, 0.2) is 42.5 Å². The summed E-state index contributed by atoms with van der Waals surface area (Å²) in [5.74, 6) is 0. The van der Waals surface area contributed by atoms with Crippen LogP contribution in [0.3, 0.4) is 0 Å². The Bertz CT molecular complexity index is 452. The van der Waals surface area contributed by atoms with Crippen LogP contribution in [0.1, 0.15) is 5.56 Å². The van der Waals surface area contributed by atoms with Crippen LogP contribution >= 0.6 is 0 Å². The standard InChI is InChI=1S/C13H14N2/c1-9-5-7-10(8-6-9)13-11(14)3-2-4-12(13)15/h2-8H,14-15H2,1H3. The Hall–Kier alpha value is -1.96. The molecule has 0 aromatic heterocycles. The maximum Gasteiger partial charge on any atom is 0.0414 e. The predicted molar refractivity (Wildman–Crippen MR) is 65.4 cm³/mol. The SMILES string of the molecule is Cc1ccc(-c2c(N)cccc2N)cc1. The third-order valence-corrected chi connectivity index (χ3v) is 2.47. The van der Waals surface area contributed by atoms with E-state index in [2.05, 4.69) is 19.1 Å². The third kappa shape index (κ3) is 1.79. The number of rotatable bonds is 1. The van der Waals surface area contributed by atoms with E-state index in [1.165, 1.54) is 5.56 Å². The van der Waals surface area contributed by atoms with E-state index in [1.807, 2.05) is 30.3 Å². The van der Waals surface area contributed by atoms with Gasteiger partial charge in [-0.3, -0.25) is 0 Å². The van der Waals surface area contributed by atoms with Gasteiger partial charge in [0.25, 0.3) is 0 Å². The average molecular weight is 198 g/mol. The number of hydrogen-bond donors (Lipinski definition) is 2. The average Bonchev–Trinajstić information content (AvgIpc) is 2.20. The molecule has 0 bridgehead atoms. The Morgan fingerprint density at radius 2 is 1.33 bits per heavy atom. The zero-order valence-corrected chi connectivity index (χ0v) is 8.70. The van der Waals surface area contributed by atoms with E-state index in [1.54, 1.807) is 0 Å². The first kappa shape index (κ1) is 9.59. The molecule has 15 heavy (non-hydrogen) atoms. The molecule has 0 radical (unpaired) electrons. The lowest BCUT2D eigenvalue weighted by molar-refractivity contribution is 1.47. The summed E-state index contributed by atoms with van der Waals surface area (Å²) in [4.78, 5) is 0. The lowest BCUT2D eigenvalue weighted by Gasteiger charge is -2.09. The molecule has 0 saturated heterocycles. The molecule has 0 aliphatic rings. The van der Waals surface area contributed by atoms with Crippen molar-refractivity contribution in [3.8, 4) is 11.1 Å². The van der Waals surface area contributed by atoms with Gasteiger partial charge < -0.3 is 11.5 Å². The van der Waals surface area contributed by atoms with Gasteiger partial charge in [-0.2, -0.15) is 0 Å². The summed E-state index contributed by atoms with van der Waals surface area (Å²) in [6.07, 6.45) is 0. The predicted octanol–water partition coefficient (Wildman–Crippen LogP) is 2.83. The zero-order chi connectivity index (χ0) is 10.8. The Labute approximate surface area is 89.5 Å². The summed E-state index contributed by atoms with van der Waals surface area (Å²) >= 11 is 0. The molecule has 4 N–H and O–H groups in total. The van der Waals surface area contributed by atoms with Gasteiger partial charge in [-0.25, -0.2) is 0 Å². The molecule has 2 aromatic rings. The molecule has 0 heterocycles. The second-order valence-corrected chi connectivity index (χ2v) is 3.68. The third-order valence-electron chi connectivity index (χ3n) is 2.47. The molecule has 0 unspecified atom stereocenters. The van der Waals surface area contributed by atoms with Gasteiger partial charge in [0.05, 0.1) is 0 Å². The molecule has 0 aliphatic carbocycles. The molecular weight excluding hydrogens is 184 g/mol. The van der Waals surface area contributed by atoms with Crippen molar-refractivity contribution in [2.45, 2.75) is 6.92 Å². The maximum absolute atomic E-state index is 5.91. The topological polar surface area (TPSA) is 52.0 Å². The van der Waals surface area contributed by atoms with Crippen molar-refractivity contribution in [2.24, 2.45) is 0 Å². The van der Waals surface area contributed by atoms with Gasteiger partial charge in [-0.05, 0) is 24.6 Å². The van der Waals surface area contributed by atoms with Gasteiger partial charge in [0.2, 0.25) is 0 Å². The minimum absolute atomic E-state index is 0.721. The summed E-state index contributed by atoms with van der Waals surface area (Å²) < 4.78 is 0. The second-order valence-electron chi connectivity index (χ2n) is 3.68. The van der Waals surface area contributed by atoms with Gasteiger partial charge in [0.1, 0.15) is 0 Å². The molecule has 2 heteroatoms. The fourth-order valence-electron chi connectivity index (χ4n) is 1.64. The van der Waals surface area contributed by atoms with Crippen LogP contribution in [0.25, 0.3) is 11.1 Å². The Balaban J connectivity index is 2.58. The highest BCUT2D eigenvalue weighted by molar-refractivity contribution is 5.86. The molecule has 2 nitrogen and oxygen atoms in total. The normalized spacial score (nSPS) is 10.2. The minimum atomic E-state index is 0.721. The van der Waals surface area contributed by atoms with Crippen LogP contribution in [0.5, 0.6) is 0 Å². The molecule has 0 amide bonds. The van der Waals surface area contributed by atoms with Gasteiger partial charge in [0.15, 0.2) is 0 Å². The highest BCUT2D eigenvalue weighted by Gasteiger charge is 2.05. The van der Waals surface area contributed by atoms with E-state index in [9.17, 15) is 0 Å². The van der Waals surface area contributed by atoms with Gasteiger partial charge >= 0.3 is 0 Å². The van der Waals surface area contributed by atoms with Crippen molar-refractivity contribution < 1.29 is 0 Å². The molecular formula is C13H14N2. The summed E-state index contributed by atoms with van der Waals surface area (Å²) in [7, 11) is 0. The van der Waals surface area contributed by atoms with Crippen molar-refractivity contribution in [3.05, 3.63) is 48.0 Å². The van der Waals surface area contributed by atoms with Crippen LogP contribution in [0.2, 0.25) is 0 Å². The van der Waals surface area contributed by atoms with Crippen molar-refractivity contribution in [2.75, 3.05) is 11.5 Å². The van der Waals surface area contributed by atoms with E-state index >= 15 is 0 Å². The number of anilines is 2. The summed E-state index contributed by atoms with van der Waals surface area (Å²) in [6, 6.07) is 13.8. The van der Waals surface area contributed by atoms with Crippen LogP contribution in [-0.4, -0.2) is 0 Å². The summed E-state index contributed by atoms with van der Waals surface area (Å²) in [6.45, 7) is 2.06. The second kappa shape index (κ2) is 3.65. The lowest BCUT2D eigenvalue weighted by Crippen LogP contribution is -1.95. The number of hydrogen-bond acceptors (Lipinski definition) is 2. The van der Waals surface area contributed by atoms with E-state index in [-0.39, 0.29) is 0 Å². The number of aryl methyl sites for hydroxylation is 1. The quantitative estimate of drug-likeness (QED) is 0.692. The first-order valence-corrected chi connectivity index (χ1v) is 4.89. The molecule has 2 aromatic carbocycles. The van der Waals surface area contributed by atoms with E-state index in [0.29, 0.717) is 0 Å². The van der Waals surface area contributed by atoms with Crippen LogP contribution < -0.4 is 11.5 Å². The maximum atomic E-state index is 5.91. The van der Waals surface area contributed by atoms with Gasteiger partial charge in [-0.15, -0.1) is 0 Å². The summed E-state index contributed by atoms with van der Waals surface area (Å²) in [5, 5.41) is 0. The number of benzene rings is 2. The van der Waals surface area contributed by atoms with E-state index in [0.717, 1.165) is 22.5 Å². The van der Waals surface area contributed by atoms with E-state index in [4.69, 9.17) is 11.5 Å². The number of nitrogens with two attached hydrogens (primary N) is 2. The van der Waals surface area contributed by atoms with Crippen LogP contribution in [0, 0.1) is 6.92 Å². The molecule has 0 aliphatic heterocycles. The Morgan fingerprint density at radius 3 is 1.87 bits per heavy atom. The highest BCUT2D eigenvalue weighted by atomic mass is 14.6. The highest BCUT2D eigenvalue weighted by Crippen LogP contribution is 2.31. The first-order chi connectivity index (χ1) is 7.18. The zero-order valence-electron chi connectivity index (χ0n) is 8.70. The van der Waals surface area contributed by atoms with Crippen LogP contribution in [-0.2, 0) is 0 Å². The fraction of sp³-hybridized carbons (Fsp3) is 0.0769. The molecule has 0 atom stereocenters. The largest absolute Gasteiger partial charge is 0.398 e. The van der Waals surface area contributed by atoms with Crippen LogP contribution in [0.4, 0.5) is 11.4 Å². The van der Waals surface area contributed by atoms with Gasteiger partial charge in [0, 0.05) is 16.9 Å². The monoisotopic (exact) mass is 198 g/mol. The Morgan fingerprint density at radius 1 is 0.800 bits per heavy atom. The lowest BCUT2D eigenvalue weighted by atomic mass is 10.0. The first-order valence-electron chi connectivity index (χ1n) is 4.89. The smallest absolute Gasteiger partial charge is 0.0414 e. The number of nitrogen functional groups attached to an aromatic ring is 2. The molecule has 0 fully saturated rings. The molecule has 76 valence electrons. The van der Waals surface area contributed by atoms with Crippen molar-refractivity contribution >= 4 is 11.4 Å². The summed E-state index contributed by atoms with van der Waals surface area (Å²) in [5.41, 5.74) is 16.5. The van der Waals surface area contributed by atoms with E-state index < -0.39 is 0 Å². The molecule has 0 spiro atoms. The van der Waals surface area contributed by atoms with Crippen molar-refractivity contribution in [1.29, 1.82) is 0 Å². The Kier molecular flexibility index (Phi) is 2.34. The minimum Gasteiger partial charge on any atom is -0.398 e. The van der Waals surface area contributed by atoms with Crippen molar-refractivity contribution in [1.82, 2.24) is 0 Å². The fourth-order valence-corrected chi connectivity index (χ4v) is 1.64. The van der Waals surface area contributed by atoms with Gasteiger partial charge in [-0.1, -0.05) is 35.9 Å². The molecule has 0 saturated carbocycles. The molecule has 2 rings (SSSR count).